The van der Waals surface area contributed by atoms with E-state index in [1.807, 2.05) is 133 Å². The van der Waals surface area contributed by atoms with Crippen molar-refractivity contribution in [3.8, 4) is 57.9 Å². The molecule has 4 heterocycles. The second-order valence-electron chi connectivity index (χ2n) is 16.6. The van der Waals surface area contributed by atoms with Gasteiger partial charge in [0.1, 0.15) is 18.2 Å². The third-order valence-corrected chi connectivity index (χ3v) is 13.1. The van der Waals surface area contributed by atoms with Crippen molar-refractivity contribution >= 4 is 76.3 Å². The number of aromatic nitrogens is 5. The zero-order chi connectivity index (χ0) is 44.8. The minimum Gasteiger partial charge on any atom is -0.307 e. The maximum absolute atomic E-state index is 11.3. The average molecular weight is 853 g/mol. The summed E-state index contributed by atoms with van der Waals surface area (Å²) in [6, 6.07) is 72.1. The van der Waals surface area contributed by atoms with Gasteiger partial charge in [-0.15, -0.1) is 0 Å². The van der Waals surface area contributed by atoms with Gasteiger partial charge in [0, 0.05) is 48.8 Å². The van der Waals surface area contributed by atoms with Crippen molar-refractivity contribution in [2.45, 2.75) is 0 Å². The normalized spacial score (nSPS) is 11.5. The molecule has 9 aromatic carbocycles. The number of nitrogens with zero attached hydrogens (tertiary/aromatic N) is 8. The Kier molecular flexibility index (Phi) is 8.23. The quantitative estimate of drug-likeness (QED) is 0.171. The van der Waals surface area contributed by atoms with E-state index in [1.165, 1.54) is 0 Å². The first kappa shape index (κ1) is 37.7. The van der Waals surface area contributed by atoms with Gasteiger partial charge in [0.05, 0.1) is 78.1 Å². The molecule has 13 rings (SSSR count). The van der Waals surface area contributed by atoms with E-state index in [9.17, 15) is 15.8 Å². The van der Waals surface area contributed by atoms with Crippen LogP contribution in [0.5, 0.6) is 0 Å². The van der Waals surface area contributed by atoms with Crippen molar-refractivity contribution in [2.75, 3.05) is 0 Å². The molecule has 0 fully saturated rings. The topological polar surface area (TPSA) is 112 Å². The van der Waals surface area contributed by atoms with Crippen LogP contribution in [0.4, 0.5) is 0 Å². The average Bonchev–Trinajstić information content (AvgIpc) is 4.04. The molecule has 8 heteroatoms. The molecular formula is C59H32N8. The van der Waals surface area contributed by atoms with Crippen LogP contribution in [0.2, 0.25) is 0 Å². The second-order valence-corrected chi connectivity index (χ2v) is 16.6. The summed E-state index contributed by atoms with van der Waals surface area (Å²) in [6.45, 7) is 0. The molecule has 0 amide bonds. The van der Waals surface area contributed by atoms with Crippen molar-refractivity contribution in [3.63, 3.8) is 0 Å². The van der Waals surface area contributed by atoms with Crippen molar-refractivity contribution in [1.82, 2.24) is 23.7 Å². The molecule has 0 saturated heterocycles. The Bertz CT molecular complexity index is 4290. The van der Waals surface area contributed by atoms with Gasteiger partial charge in [-0.25, -0.2) is 9.97 Å². The summed E-state index contributed by atoms with van der Waals surface area (Å²) in [5.74, 6) is 0.605. The van der Waals surface area contributed by atoms with Crippen molar-refractivity contribution in [3.05, 3.63) is 211 Å². The summed E-state index contributed by atoms with van der Waals surface area (Å²) in [4.78, 5) is 10.1. The molecule has 0 saturated carbocycles. The molecule has 67 heavy (non-hydrogen) atoms. The Morgan fingerprint density at radius 3 is 1.27 bits per heavy atom. The van der Waals surface area contributed by atoms with Crippen LogP contribution in [0.1, 0.15) is 16.7 Å². The van der Waals surface area contributed by atoms with E-state index in [0.717, 1.165) is 105 Å². The van der Waals surface area contributed by atoms with Gasteiger partial charge in [-0.3, -0.25) is 0 Å². The van der Waals surface area contributed by atoms with Crippen LogP contribution in [0.3, 0.4) is 0 Å². The predicted octanol–water partition coefficient (Wildman–Crippen LogP) is 13.9. The molecule has 0 aliphatic carbocycles. The van der Waals surface area contributed by atoms with E-state index < -0.39 is 0 Å². The van der Waals surface area contributed by atoms with Crippen LogP contribution in [0.15, 0.2) is 194 Å². The van der Waals surface area contributed by atoms with Gasteiger partial charge in [0.25, 0.3) is 0 Å². The largest absolute Gasteiger partial charge is 0.307 e. The lowest BCUT2D eigenvalue weighted by Crippen LogP contribution is -2.01. The fourth-order valence-corrected chi connectivity index (χ4v) is 10.4. The van der Waals surface area contributed by atoms with Crippen molar-refractivity contribution in [2.24, 2.45) is 0 Å². The van der Waals surface area contributed by atoms with Crippen LogP contribution in [0, 0.1) is 34.0 Å². The van der Waals surface area contributed by atoms with E-state index in [1.54, 1.807) is 0 Å². The van der Waals surface area contributed by atoms with Gasteiger partial charge in [-0.1, -0.05) is 133 Å². The Morgan fingerprint density at radius 2 is 0.761 bits per heavy atom. The van der Waals surface area contributed by atoms with Gasteiger partial charge in [-0.05, 0) is 60.7 Å². The molecule has 4 aromatic heterocycles. The SMILES string of the molecule is N#Cc1ccccc1-n1c2ccccc2c2c1c1c3ccccc3n(-c3ccc(-c4nc(-c5ccccc5)nc5ccccc45)cc3C#N)c1c1c3ccccc3n(-c3ccccc3C#N)c21. The number of rotatable bonds is 5. The van der Waals surface area contributed by atoms with Gasteiger partial charge >= 0.3 is 0 Å². The highest BCUT2D eigenvalue weighted by Gasteiger charge is 2.30. The maximum atomic E-state index is 11.3. The van der Waals surface area contributed by atoms with Crippen LogP contribution in [0.25, 0.3) is 116 Å². The molecule has 0 N–H and O–H groups in total. The first-order valence-corrected chi connectivity index (χ1v) is 21.9. The smallest absolute Gasteiger partial charge is 0.160 e. The number of hydrogen-bond donors (Lipinski definition) is 0. The monoisotopic (exact) mass is 852 g/mol. The lowest BCUT2D eigenvalue weighted by Gasteiger charge is -2.15. The summed E-state index contributed by atoms with van der Waals surface area (Å²) >= 11 is 0. The summed E-state index contributed by atoms with van der Waals surface area (Å²) in [5.41, 5.74) is 12.5. The fourth-order valence-electron chi connectivity index (χ4n) is 10.4. The standard InChI is InChI=1S/C59H32N8/c60-33-38-18-4-11-25-46(38)65-49-27-13-7-21-42(49)52-56-53(43-22-8-14-28-50(43)66(56)47-26-12-5-19-39(47)34-61)58-54(57(52)65)44-23-9-15-29-51(44)67(58)48-31-30-37(32-40(48)35-62)55-41-20-6-10-24-45(41)63-59(64-55)36-16-2-1-3-17-36/h1-32H. The molecule has 0 aliphatic heterocycles. The van der Waals surface area contributed by atoms with Crippen LogP contribution >= 0.6 is 0 Å². The highest BCUT2D eigenvalue weighted by Crippen LogP contribution is 2.51. The van der Waals surface area contributed by atoms with E-state index in [0.29, 0.717) is 28.2 Å². The molecule has 0 unspecified atom stereocenters. The minimum absolute atomic E-state index is 0.464. The highest BCUT2D eigenvalue weighted by atomic mass is 15.1. The third-order valence-electron chi connectivity index (χ3n) is 13.1. The molecule has 0 aliphatic rings. The van der Waals surface area contributed by atoms with Gasteiger partial charge < -0.3 is 13.7 Å². The number of fused-ring (bicyclic) bond motifs is 13. The zero-order valence-corrected chi connectivity index (χ0v) is 35.6. The summed E-state index contributed by atoms with van der Waals surface area (Å²) in [6.07, 6.45) is 0. The van der Waals surface area contributed by atoms with E-state index in [4.69, 9.17) is 9.97 Å². The number of para-hydroxylation sites is 6. The Labute approximate surface area is 382 Å². The highest BCUT2D eigenvalue weighted by molar-refractivity contribution is 6.40. The zero-order valence-electron chi connectivity index (χ0n) is 35.6. The molecule has 0 bridgehead atoms. The Balaban J connectivity index is 1.24. The lowest BCUT2D eigenvalue weighted by atomic mass is 10.0. The molecular weight excluding hydrogens is 821 g/mol. The Hall–Kier alpha value is -9.81. The first-order chi connectivity index (χ1) is 33.2. The molecule has 0 spiro atoms. The van der Waals surface area contributed by atoms with Gasteiger partial charge in [-0.2, -0.15) is 15.8 Å². The van der Waals surface area contributed by atoms with Gasteiger partial charge in [0.2, 0.25) is 0 Å². The van der Waals surface area contributed by atoms with Gasteiger partial charge in [0.15, 0.2) is 5.82 Å². The molecule has 308 valence electrons. The Morgan fingerprint density at radius 1 is 0.343 bits per heavy atom. The minimum atomic E-state index is 0.464. The fraction of sp³-hybridized carbons (Fsp3) is 0. The van der Waals surface area contributed by atoms with E-state index in [-0.39, 0.29) is 0 Å². The molecule has 0 radical (unpaired) electrons. The summed E-state index contributed by atoms with van der Waals surface area (Å²) in [7, 11) is 0. The number of benzene rings is 9. The van der Waals surface area contributed by atoms with Crippen LogP contribution in [-0.2, 0) is 0 Å². The van der Waals surface area contributed by atoms with Crippen molar-refractivity contribution in [1.29, 1.82) is 15.8 Å². The predicted molar refractivity (Wildman–Crippen MR) is 268 cm³/mol. The third kappa shape index (κ3) is 5.38. The van der Waals surface area contributed by atoms with E-state index in [2.05, 4.69) is 92.6 Å². The van der Waals surface area contributed by atoms with E-state index >= 15 is 0 Å². The first-order valence-electron chi connectivity index (χ1n) is 21.9. The second kappa shape index (κ2) is 14.6. The van der Waals surface area contributed by atoms with Crippen LogP contribution < -0.4 is 0 Å². The van der Waals surface area contributed by atoms with Crippen LogP contribution in [-0.4, -0.2) is 23.7 Å². The number of nitriles is 3. The molecule has 13 aromatic rings. The van der Waals surface area contributed by atoms with Crippen molar-refractivity contribution < 1.29 is 0 Å². The molecule has 8 nitrogen and oxygen atoms in total. The summed E-state index contributed by atoms with van der Waals surface area (Å²) in [5, 5.41) is 39.5. The molecule has 0 atom stereocenters. The lowest BCUT2D eigenvalue weighted by molar-refractivity contribution is 1.16. The summed E-state index contributed by atoms with van der Waals surface area (Å²) < 4.78 is 6.71. The maximum Gasteiger partial charge on any atom is 0.160 e. The number of hydrogen-bond acceptors (Lipinski definition) is 5.